The van der Waals surface area contributed by atoms with Crippen molar-refractivity contribution in [2.45, 2.75) is 25.8 Å². The zero-order valence-corrected chi connectivity index (χ0v) is 15.9. The molecule has 0 bridgehead atoms. The van der Waals surface area contributed by atoms with Gasteiger partial charge in [-0.3, -0.25) is 4.79 Å². The first-order valence-corrected chi connectivity index (χ1v) is 9.10. The summed E-state index contributed by atoms with van der Waals surface area (Å²) in [4.78, 5) is 14.6. The zero-order chi connectivity index (χ0) is 19.4. The molecule has 0 saturated carbocycles. The molecule has 0 unspecified atom stereocenters. The minimum Gasteiger partial charge on any atom is -0.497 e. The van der Waals surface area contributed by atoms with Crippen LogP contribution in [0.2, 0.25) is 0 Å². The summed E-state index contributed by atoms with van der Waals surface area (Å²) in [6, 6.07) is 9.78. The molecule has 27 heavy (non-hydrogen) atoms. The largest absolute Gasteiger partial charge is 0.497 e. The number of hydrogen-bond acceptors (Lipinski definition) is 4. The summed E-state index contributed by atoms with van der Waals surface area (Å²) in [5.41, 5.74) is 1.68. The molecular weight excluding hydrogens is 347 g/mol. The molecule has 1 saturated heterocycles. The van der Waals surface area contributed by atoms with Crippen LogP contribution in [0.3, 0.4) is 0 Å². The van der Waals surface area contributed by atoms with Gasteiger partial charge in [0.25, 0.3) is 5.91 Å². The van der Waals surface area contributed by atoms with E-state index in [2.05, 4.69) is 5.32 Å². The van der Waals surface area contributed by atoms with Gasteiger partial charge in [-0.05, 0) is 50.1 Å². The van der Waals surface area contributed by atoms with E-state index in [4.69, 9.17) is 9.47 Å². The van der Waals surface area contributed by atoms with Crippen molar-refractivity contribution in [3.8, 4) is 11.5 Å². The number of methoxy groups -OCH3 is 2. The molecule has 1 aliphatic rings. The third-order valence-electron chi connectivity index (χ3n) is 4.91. The predicted octanol–water partition coefficient (Wildman–Crippen LogP) is 3.93. The van der Waals surface area contributed by atoms with Crippen molar-refractivity contribution >= 4 is 11.6 Å². The molecule has 1 N–H and O–H groups in total. The number of carbonyl (C=O) groups is 1. The van der Waals surface area contributed by atoms with Gasteiger partial charge >= 0.3 is 0 Å². The van der Waals surface area contributed by atoms with Crippen LogP contribution in [0.4, 0.5) is 10.1 Å². The van der Waals surface area contributed by atoms with Crippen molar-refractivity contribution < 1.29 is 18.7 Å². The second-order valence-corrected chi connectivity index (χ2v) is 6.66. The van der Waals surface area contributed by atoms with Gasteiger partial charge in [-0.2, -0.15) is 0 Å². The van der Waals surface area contributed by atoms with Gasteiger partial charge in [-0.1, -0.05) is 0 Å². The maximum absolute atomic E-state index is 14.5. The summed E-state index contributed by atoms with van der Waals surface area (Å²) >= 11 is 0. The fraction of sp³-hybridized carbons (Fsp3) is 0.381. The molecule has 1 aliphatic heterocycles. The second kappa shape index (κ2) is 8.29. The number of hydrogen-bond donors (Lipinski definition) is 1. The molecule has 2 aromatic carbocycles. The number of rotatable bonds is 6. The highest BCUT2D eigenvalue weighted by molar-refractivity contribution is 5.94. The Kier molecular flexibility index (Phi) is 5.84. The summed E-state index contributed by atoms with van der Waals surface area (Å²) < 4.78 is 25.1. The van der Waals surface area contributed by atoms with E-state index in [9.17, 15) is 9.18 Å². The van der Waals surface area contributed by atoms with Crippen molar-refractivity contribution in [2.75, 3.05) is 32.2 Å². The Balaban J connectivity index is 1.74. The summed E-state index contributed by atoms with van der Waals surface area (Å²) in [5.74, 6) is 0.609. The number of anilines is 1. The zero-order valence-electron chi connectivity index (χ0n) is 15.9. The van der Waals surface area contributed by atoms with Crippen LogP contribution in [0, 0.1) is 5.82 Å². The van der Waals surface area contributed by atoms with Gasteiger partial charge in [0, 0.05) is 30.3 Å². The molecular formula is C21H25FN2O3. The smallest absolute Gasteiger partial charge is 0.251 e. The molecule has 1 heterocycles. The monoisotopic (exact) mass is 372 g/mol. The van der Waals surface area contributed by atoms with E-state index < -0.39 is 0 Å². The van der Waals surface area contributed by atoms with Crippen LogP contribution in [0.25, 0.3) is 0 Å². The number of nitrogens with zero attached hydrogens (tertiary/aromatic N) is 1. The van der Waals surface area contributed by atoms with Crippen LogP contribution < -0.4 is 19.7 Å². The van der Waals surface area contributed by atoms with E-state index in [-0.39, 0.29) is 17.8 Å². The second-order valence-electron chi connectivity index (χ2n) is 6.66. The number of nitrogens with one attached hydrogen (secondary N) is 1. The molecule has 2 aromatic rings. The lowest BCUT2D eigenvalue weighted by Gasteiger charge is -2.20. The van der Waals surface area contributed by atoms with Gasteiger partial charge in [0.15, 0.2) is 0 Å². The van der Waals surface area contributed by atoms with E-state index in [1.807, 2.05) is 24.0 Å². The van der Waals surface area contributed by atoms with Crippen LogP contribution in [0.5, 0.6) is 11.5 Å². The lowest BCUT2D eigenvalue weighted by molar-refractivity contribution is 0.0939. The normalized spacial score (nSPS) is 14.7. The van der Waals surface area contributed by atoms with Gasteiger partial charge in [0.05, 0.1) is 25.9 Å². The van der Waals surface area contributed by atoms with E-state index >= 15 is 0 Å². The lowest BCUT2D eigenvalue weighted by atomic mass is 10.1. The van der Waals surface area contributed by atoms with Crippen molar-refractivity contribution in [2.24, 2.45) is 0 Å². The number of benzene rings is 2. The highest BCUT2D eigenvalue weighted by Crippen LogP contribution is 2.30. The third-order valence-corrected chi connectivity index (χ3v) is 4.91. The first-order chi connectivity index (χ1) is 13.0. The van der Waals surface area contributed by atoms with Gasteiger partial charge in [-0.25, -0.2) is 4.39 Å². The van der Waals surface area contributed by atoms with E-state index in [1.54, 1.807) is 32.4 Å². The van der Waals surface area contributed by atoms with Crippen molar-refractivity contribution in [3.63, 3.8) is 0 Å². The molecule has 0 spiro atoms. The first kappa shape index (κ1) is 19.0. The standard InChI is InChI=1S/C21H25FN2O3/c1-14(17-8-7-16(26-2)13-20(17)27-3)23-21(25)15-6-9-19(18(22)12-15)24-10-4-5-11-24/h6-9,12-14H,4-5,10-11H2,1-3H3,(H,23,25)/t14-/m1/s1. The Labute approximate surface area is 159 Å². The average Bonchev–Trinajstić information content (AvgIpc) is 3.21. The van der Waals surface area contributed by atoms with Gasteiger partial charge in [0.2, 0.25) is 0 Å². The number of amides is 1. The Morgan fingerprint density at radius 2 is 1.85 bits per heavy atom. The summed E-state index contributed by atoms with van der Waals surface area (Å²) in [6.45, 7) is 3.57. The predicted molar refractivity (Wildman–Crippen MR) is 103 cm³/mol. The van der Waals surface area contributed by atoms with Crippen LogP contribution in [0.1, 0.15) is 41.7 Å². The third kappa shape index (κ3) is 4.15. The number of carbonyl (C=O) groups excluding carboxylic acids is 1. The quantitative estimate of drug-likeness (QED) is 0.835. The fourth-order valence-corrected chi connectivity index (χ4v) is 3.40. The highest BCUT2D eigenvalue weighted by Gasteiger charge is 2.19. The number of halogens is 1. The molecule has 0 aliphatic carbocycles. The SMILES string of the molecule is COc1ccc([C@@H](C)NC(=O)c2ccc(N3CCCC3)c(F)c2)c(OC)c1. The van der Waals surface area contributed by atoms with Gasteiger partial charge < -0.3 is 19.7 Å². The van der Waals surface area contributed by atoms with Crippen molar-refractivity contribution in [1.82, 2.24) is 5.32 Å². The lowest BCUT2D eigenvalue weighted by Crippen LogP contribution is -2.27. The van der Waals surface area contributed by atoms with Gasteiger partial charge in [0.1, 0.15) is 17.3 Å². The Hall–Kier alpha value is -2.76. The first-order valence-electron chi connectivity index (χ1n) is 9.10. The van der Waals surface area contributed by atoms with E-state index in [0.29, 0.717) is 22.7 Å². The summed E-state index contributed by atoms with van der Waals surface area (Å²) in [6.07, 6.45) is 2.14. The minimum absolute atomic E-state index is 0.301. The Morgan fingerprint density at radius 3 is 2.48 bits per heavy atom. The molecule has 144 valence electrons. The topological polar surface area (TPSA) is 50.8 Å². The molecule has 6 heteroatoms. The number of ether oxygens (including phenoxy) is 2. The van der Waals surface area contributed by atoms with Crippen LogP contribution in [-0.2, 0) is 0 Å². The van der Waals surface area contributed by atoms with Crippen LogP contribution in [-0.4, -0.2) is 33.2 Å². The maximum atomic E-state index is 14.5. The minimum atomic E-state index is -0.362. The molecule has 1 fully saturated rings. The van der Waals surface area contributed by atoms with Crippen molar-refractivity contribution in [3.05, 3.63) is 53.3 Å². The maximum Gasteiger partial charge on any atom is 0.251 e. The Bertz CT molecular complexity index is 819. The molecule has 3 rings (SSSR count). The van der Waals surface area contributed by atoms with Crippen LogP contribution in [0.15, 0.2) is 36.4 Å². The van der Waals surface area contributed by atoms with Crippen molar-refractivity contribution in [1.29, 1.82) is 0 Å². The summed E-state index contributed by atoms with van der Waals surface area (Å²) in [5, 5.41) is 2.90. The average molecular weight is 372 g/mol. The fourth-order valence-electron chi connectivity index (χ4n) is 3.40. The Morgan fingerprint density at radius 1 is 1.11 bits per heavy atom. The molecule has 1 atom stereocenters. The molecule has 1 amide bonds. The van der Waals surface area contributed by atoms with E-state index in [0.717, 1.165) is 31.5 Å². The summed E-state index contributed by atoms with van der Waals surface area (Å²) in [7, 11) is 3.15. The molecule has 0 aromatic heterocycles. The highest BCUT2D eigenvalue weighted by atomic mass is 19.1. The van der Waals surface area contributed by atoms with E-state index in [1.165, 1.54) is 6.07 Å². The van der Waals surface area contributed by atoms with Gasteiger partial charge in [-0.15, -0.1) is 0 Å². The molecule has 5 nitrogen and oxygen atoms in total. The van der Waals surface area contributed by atoms with Crippen LogP contribution >= 0.6 is 0 Å². The molecule has 0 radical (unpaired) electrons.